The Morgan fingerprint density at radius 1 is 1.31 bits per heavy atom. The first kappa shape index (κ1) is 18.2. The summed E-state index contributed by atoms with van der Waals surface area (Å²) >= 11 is 0. The second kappa shape index (κ2) is 11.3. The molecule has 0 heterocycles. The van der Waals surface area contributed by atoms with E-state index in [0.29, 0.717) is 0 Å². The molecule has 6 heteroatoms. The molecule has 5 nitrogen and oxygen atoms in total. The molecule has 0 radical (unpaired) electrons. The molecule has 0 aromatic heterocycles. The molecular formula is C10H25NO4S. The van der Waals surface area contributed by atoms with Crippen molar-refractivity contribution in [1.82, 2.24) is 0 Å². The van der Waals surface area contributed by atoms with Gasteiger partial charge >= 0.3 is 10.4 Å². The molecule has 0 bridgehead atoms. The molecule has 0 amide bonds. The average molecular weight is 255 g/mol. The predicted molar refractivity (Wildman–Crippen MR) is 65.5 cm³/mol. The highest BCUT2D eigenvalue weighted by Crippen LogP contribution is 2.33. The molecule has 100 valence electrons. The largest absolute Gasteiger partial charge is 0.397 e. The summed E-state index contributed by atoms with van der Waals surface area (Å²) < 4.78 is 29.7. The quantitative estimate of drug-likeness (QED) is 0.579. The van der Waals surface area contributed by atoms with Crippen LogP contribution >= 0.6 is 0 Å². The third kappa shape index (κ3) is 19.4. The van der Waals surface area contributed by atoms with Crippen molar-refractivity contribution in [2.45, 2.75) is 45.4 Å². The minimum atomic E-state index is -4.16. The highest BCUT2D eigenvalue weighted by molar-refractivity contribution is 7.80. The number of hydrogen-bond acceptors (Lipinski definition) is 4. The fourth-order valence-electron chi connectivity index (χ4n) is 1.09. The number of hydrogen-bond donors (Lipinski definition) is 2. The van der Waals surface area contributed by atoms with Crippen LogP contribution in [0, 0.1) is 5.92 Å². The molecule has 0 unspecified atom stereocenters. The Labute approximate surface area is 99.3 Å². The van der Waals surface area contributed by atoms with Crippen molar-refractivity contribution in [3.05, 3.63) is 0 Å². The van der Waals surface area contributed by atoms with Crippen LogP contribution in [0.1, 0.15) is 45.4 Å². The summed E-state index contributed by atoms with van der Waals surface area (Å²) in [7, 11) is -1.79. The first-order chi connectivity index (χ1) is 7.49. The lowest BCUT2D eigenvalue weighted by Crippen LogP contribution is -1.96. The lowest BCUT2D eigenvalue weighted by atomic mass is 10.1. The molecular weight excluding hydrogens is 230 g/mol. The SMILES string of the molecule is CCCCCC1CC1.CN.COS(=O)(=O)O. The maximum atomic E-state index is 9.33. The van der Waals surface area contributed by atoms with Gasteiger partial charge in [0.15, 0.2) is 0 Å². The molecule has 0 aliphatic heterocycles. The fourth-order valence-corrected chi connectivity index (χ4v) is 1.09. The molecule has 1 rings (SSSR count). The van der Waals surface area contributed by atoms with E-state index in [2.05, 4.69) is 16.8 Å². The van der Waals surface area contributed by atoms with Gasteiger partial charge in [0.05, 0.1) is 7.11 Å². The van der Waals surface area contributed by atoms with E-state index in [1.807, 2.05) is 0 Å². The van der Waals surface area contributed by atoms with Gasteiger partial charge in [0.25, 0.3) is 0 Å². The van der Waals surface area contributed by atoms with Gasteiger partial charge in [0.1, 0.15) is 0 Å². The number of rotatable bonds is 5. The maximum Gasteiger partial charge on any atom is 0.397 e. The van der Waals surface area contributed by atoms with Gasteiger partial charge in [0.2, 0.25) is 0 Å². The minimum absolute atomic E-state index is 0.870. The van der Waals surface area contributed by atoms with E-state index >= 15 is 0 Å². The van der Waals surface area contributed by atoms with Crippen LogP contribution in [0.25, 0.3) is 0 Å². The van der Waals surface area contributed by atoms with Gasteiger partial charge in [-0.3, -0.25) is 8.74 Å². The zero-order valence-corrected chi connectivity index (χ0v) is 11.3. The molecule has 1 aliphatic rings. The van der Waals surface area contributed by atoms with E-state index in [4.69, 9.17) is 4.55 Å². The zero-order chi connectivity index (χ0) is 13.0. The highest BCUT2D eigenvalue weighted by Gasteiger charge is 2.19. The molecule has 0 spiro atoms. The Morgan fingerprint density at radius 2 is 1.75 bits per heavy atom. The van der Waals surface area contributed by atoms with Crippen LogP contribution in [0.15, 0.2) is 0 Å². The Hall–Kier alpha value is -0.170. The van der Waals surface area contributed by atoms with Crippen LogP contribution in [-0.2, 0) is 14.6 Å². The standard InChI is InChI=1S/C8H16.CH5N.CH4O4S/c1-2-3-4-5-8-6-7-8;1-2;1-5-6(2,3)4/h8H,2-7H2,1H3;2H2,1H3;1H3,(H,2,3,4). The van der Waals surface area contributed by atoms with Crippen molar-refractivity contribution < 1.29 is 17.2 Å². The second-order valence-corrected chi connectivity index (χ2v) is 4.72. The molecule has 0 saturated heterocycles. The molecule has 1 fully saturated rings. The normalized spacial score (nSPS) is 14.3. The van der Waals surface area contributed by atoms with Crippen LogP contribution in [0.3, 0.4) is 0 Å². The lowest BCUT2D eigenvalue weighted by Gasteiger charge is -1.92. The van der Waals surface area contributed by atoms with Gasteiger partial charge < -0.3 is 5.73 Å². The van der Waals surface area contributed by atoms with E-state index in [1.165, 1.54) is 45.6 Å². The van der Waals surface area contributed by atoms with Crippen molar-refractivity contribution in [2.24, 2.45) is 11.7 Å². The van der Waals surface area contributed by atoms with E-state index < -0.39 is 10.4 Å². The van der Waals surface area contributed by atoms with Gasteiger partial charge in [-0.05, 0) is 13.0 Å². The Kier molecular flexibility index (Phi) is 12.9. The smallest absolute Gasteiger partial charge is 0.333 e. The van der Waals surface area contributed by atoms with Crippen molar-refractivity contribution in [3.8, 4) is 0 Å². The van der Waals surface area contributed by atoms with Crippen LogP contribution in [0.4, 0.5) is 0 Å². The van der Waals surface area contributed by atoms with Gasteiger partial charge in [0, 0.05) is 0 Å². The molecule has 0 aromatic rings. The van der Waals surface area contributed by atoms with E-state index in [1.54, 1.807) is 0 Å². The average Bonchev–Trinajstić information content (AvgIpc) is 3.05. The van der Waals surface area contributed by atoms with Crippen molar-refractivity contribution in [3.63, 3.8) is 0 Å². The molecule has 1 aliphatic carbocycles. The topological polar surface area (TPSA) is 89.6 Å². The van der Waals surface area contributed by atoms with Gasteiger partial charge in [-0.25, -0.2) is 0 Å². The lowest BCUT2D eigenvalue weighted by molar-refractivity contribution is 0.324. The van der Waals surface area contributed by atoms with Crippen LogP contribution < -0.4 is 5.73 Å². The van der Waals surface area contributed by atoms with Crippen LogP contribution in [0.5, 0.6) is 0 Å². The summed E-state index contributed by atoms with van der Waals surface area (Å²) in [6.07, 6.45) is 8.91. The predicted octanol–water partition coefficient (Wildman–Crippen LogP) is 1.99. The van der Waals surface area contributed by atoms with E-state index in [9.17, 15) is 8.42 Å². The molecule has 1 saturated carbocycles. The summed E-state index contributed by atoms with van der Waals surface area (Å²) in [5.41, 5.74) is 4.50. The van der Waals surface area contributed by atoms with Crippen molar-refractivity contribution in [2.75, 3.05) is 14.2 Å². The third-order valence-corrected chi connectivity index (χ3v) is 2.54. The van der Waals surface area contributed by atoms with Gasteiger partial charge in [-0.1, -0.05) is 45.4 Å². The fraction of sp³-hybridized carbons (Fsp3) is 1.00. The van der Waals surface area contributed by atoms with Crippen molar-refractivity contribution >= 4 is 10.4 Å². The number of nitrogens with two attached hydrogens (primary N) is 1. The monoisotopic (exact) mass is 255 g/mol. The first-order valence-corrected chi connectivity index (χ1v) is 6.97. The summed E-state index contributed by atoms with van der Waals surface area (Å²) in [6.45, 7) is 2.27. The Morgan fingerprint density at radius 3 is 2.00 bits per heavy atom. The number of unbranched alkanes of at least 4 members (excludes halogenated alkanes) is 2. The second-order valence-electron chi connectivity index (χ2n) is 3.53. The van der Waals surface area contributed by atoms with Crippen LogP contribution in [0.2, 0.25) is 0 Å². The van der Waals surface area contributed by atoms with Gasteiger partial charge in [-0.15, -0.1) is 0 Å². The molecule has 16 heavy (non-hydrogen) atoms. The summed E-state index contributed by atoms with van der Waals surface area (Å²) in [6, 6.07) is 0. The first-order valence-electron chi connectivity index (χ1n) is 5.60. The Bertz CT molecular complexity index is 225. The summed E-state index contributed by atoms with van der Waals surface area (Å²) in [4.78, 5) is 0. The van der Waals surface area contributed by atoms with Gasteiger partial charge in [-0.2, -0.15) is 8.42 Å². The highest BCUT2D eigenvalue weighted by atomic mass is 32.3. The summed E-state index contributed by atoms with van der Waals surface area (Å²) in [5.74, 6) is 1.15. The zero-order valence-electron chi connectivity index (χ0n) is 10.5. The minimum Gasteiger partial charge on any atom is -0.333 e. The third-order valence-electron chi connectivity index (χ3n) is 2.12. The van der Waals surface area contributed by atoms with Crippen molar-refractivity contribution in [1.29, 1.82) is 0 Å². The van der Waals surface area contributed by atoms with E-state index in [0.717, 1.165) is 13.0 Å². The maximum absolute atomic E-state index is 9.33. The molecule has 0 aromatic carbocycles. The Balaban J connectivity index is 0. The summed E-state index contributed by atoms with van der Waals surface area (Å²) in [5, 5.41) is 0. The van der Waals surface area contributed by atoms with E-state index in [-0.39, 0.29) is 0 Å². The molecule has 3 N–H and O–H groups in total. The van der Waals surface area contributed by atoms with Crippen LogP contribution in [-0.4, -0.2) is 27.1 Å². The molecule has 0 atom stereocenters.